The highest BCUT2D eigenvalue weighted by atomic mass is 35.5. The number of benzene rings is 2. The van der Waals surface area contributed by atoms with Crippen molar-refractivity contribution in [2.75, 3.05) is 41.8 Å². The summed E-state index contributed by atoms with van der Waals surface area (Å²) in [6, 6.07) is 24.8. The van der Waals surface area contributed by atoms with E-state index in [-0.39, 0.29) is 79.6 Å². The quantitative estimate of drug-likeness (QED) is 0.0678. The van der Waals surface area contributed by atoms with Gasteiger partial charge in [-0.2, -0.15) is 10.2 Å². The predicted octanol–water partition coefficient (Wildman–Crippen LogP) is 7.35. The summed E-state index contributed by atoms with van der Waals surface area (Å²) in [5.41, 5.74) is 18.4. The lowest BCUT2D eigenvalue weighted by molar-refractivity contribution is -0.140. The third-order valence-corrected chi connectivity index (χ3v) is 5.72. The molecule has 0 fully saturated rings. The molecule has 0 aliphatic rings. The first-order valence-corrected chi connectivity index (χ1v) is 16.1. The molecule has 0 saturated heterocycles. The zero-order chi connectivity index (χ0) is 39.2. The number of carbonyl (C=O) groups excluding carboxylic acids is 4. The van der Waals surface area contributed by atoms with Gasteiger partial charge in [0.1, 0.15) is 35.2 Å². The zero-order valence-corrected chi connectivity index (χ0v) is 33.7. The number of alkyl carbamates (subject to hydrolysis) is 1. The van der Waals surface area contributed by atoms with Crippen LogP contribution in [0.5, 0.6) is 0 Å². The van der Waals surface area contributed by atoms with Crippen LogP contribution in [-0.4, -0.2) is 59.1 Å². The summed E-state index contributed by atoms with van der Waals surface area (Å²) in [7, 11) is 0. The van der Waals surface area contributed by atoms with Crippen LogP contribution in [0.2, 0.25) is 0 Å². The SMILES string of the molecule is CC(C)(C)OC(=O)NCC(=O)Nc1ccc(N=Nc2ccccc2)c(N)n1.CCOC(C)=O.Cl.Cl.Cl.NCC(=O)Nc1ccc(N=Nc2ccccc2)c(N)n1. The van der Waals surface area contributed by atoms with Gasteiger partial charge in [-0.3, -0.25) is 14.4 Å². The molecule has 0 atom stereocenters. The fourth-order valence-corrected chi connectivity index (χ4v) is 3.51. The second-order valence-electron chi connectivity index (χ2n) is 11.4. The second kappa shape index (κ2) is 27.6. The van der Waals surface area contributed by atoms with Gasteiger partial charge in [0.25, 0.3) is 0 Å². The van der Waals surface area contributed by atoms with Crippen LogP contribution < -0.4 is 33.2 Å². The number of ether oxygens (including phenoxy) is 2. The van der Waals surface area contributed by atoms with E-state index in [9.17, 15) is 19.2 Å². The molecule has 0 spiro atoms. The van der Waals surface area contributed by atoms with Gasteiger partial charge < -0.3 is 42.6 Å². The average Bonchev–Trinajstić information content (AvgIpc) is 3.11. The molecule has 0 unspecified atom stereocenters. The molecule has 2 aromatic heterocycles. The first kappa shape index (κ1) is 52.2. The van der Waals surface area contributed by atoms with Crippen molar-refractivity contribution in [2.24, 2.45) is 26.2 Å². The monoisotopic (exact) mass is 836 g/mol. The van der Waals surface area contributed by atoms with Gasteiger partial charge in [-0.1, -0.05) is 36.4 Å². The first-order chi connectivity index (χ1) is 25.2. The van der Waals surface area contributed by atoms with Crippen molar-refractivity contribution in [3.8, 4) is 0 Å². The van der Waals surface area contributed by atoms with Crippen LogP contribution in [0.15, 0.2) is 105 Å². The summed E-state index contributed by atoms with van der Waals surface area (Å²) < 4.78 is 9.45. The van der Waals surface area contributed by atoms with Gasteiger partial charge in [0.05, 0.1) is 24.5 Å². The minimum absolute atomic E-state index is 0. The maximum atomic E-state index is 11.9. The van der Waals surface area contributed by atoms with E-state index < -0.39 is 17.6 Å². The van der Waals surface area contributed by atoms with Crippen LogP contribution in [0.25, 0.3) is 0 Å². The van der Waals surface area contributed by atoms with Crippen LogP contribution in [0.3, 0.4) is 0 Å². The van der Waals surface area contributed by atoms with Gasteiger partial charge in [0.15, 0.2) is 11.6 Å². The Hall–Kier alpha value is -5.95. The molecule has 4 aromatic rings. The number of anilines is 4. The number of halogens is 3. The molecule has 56 heavy (non-hydrogen) atoms. The summed E-state index contributed by atoms with van der Waals surface area (Å²) in [5.74, 6) is -0.148. The topological polar surface area (TPSA) is 276 Å². The minimum Gasteiger partial charge on any atom is -0.466 e. The number of esters is 1. The molecule has 3 amide bonds. The smallest absolute Gasteiger partial charge is 0.408 e. The summed E-state index contributed by atoms with van der Waals surface area (Å²) in [5, 5.41) is 23.6. The number of hydrogen-bond donors (Lipinski definition) is 6. The van der Waals surface area contributed by atoms with E-state index in [0.717, 1.165) is 0 Å². The number of aromatic nitrogens is 2. The van der Waals surface area contributed by atoms with Crippen molar-refractivity contribution in [1.29, 1.82) is 0 Å². The summed E-state index contributed by atoms with van der Waals surface area (Å²) >= 11 is 0. The average molecular weight is 838 g/mol. The second-order valence-corrected chi connectivity index (χ2v) is 11.4. The Morgan fingerprint density at radius 3 is 1.45 bits per heavy atom. The Labute approximate surface area is 343 Å². The molecule has 2 aromatic carbocycles. The molecule has 4 rings (SSSR count). The van der Waals surface area contributed by atoms with E-state index in [1.165, 1.54) is 6.92 Å². The fourth-order valence-electron chi connectivity index (χ4n) is 3.51. The minimum atomic E-state index is -0.679. The maximum Gasteiger partial charge on any atom is 0.408 e. The van der Waals surface area contributed by atoms with Crippen molar-refractivity contribution >= 4 is 107 Å². The molecule has 304 valence electrons. The zero-order valence-electron chi connectivity index (χ0n) is 31.3. The van der Waals surface area contributed by atoms with Crippen molar-refractivity contribution in [3.63, 3.8) is 0 Å². The Bertz CT molecular complexity index is 1870. The third-order valence-electron chi connectivity index (χ3n) is 5.72. The number of nitrogens with one attached hydrogen (secondary N) is 3. The number of nitrogen functional groups attached to an aromatic ring is 2. The lowest BCUT2D eigenvalue weighted by Gasteiger charge is -2.19. The number of pyridine rings is 2. The van der Waals surface area contributed by atoms with E-state index in [1.807, 2.05) is 48.5 Å². The Morgan fingerprint density at radius 2 is 1.11 bits per heavy atom. The van der Waals surface area contributed by atoms with Crippen LogP contribution in [0.4, 0.5) is 50.8 Å². The summed E-state index contributed by atoms with van der Waals surface area (Å²) in [6.45, 7) is 8.48. The van der Waals surface area contributed by atoms with Crippen molar-refractivity contribution in [1.82, 2.24) is 15.3 Å². The number of carbonyl (C=O) groups is 4. The van der Waals surface area contributed by atoms with Crippen LogP contribution in [0.1, 0.15) is 34.6 Å². The van der Waals surface area contributed by atoms with Crippen molar-refractivity contribution in [3.05, 3.63) is 84.9 Å². The number of nitrogens with two attached hydrogens (primary N) is 3. The number of amides is 3. The van der Waals surface area contributed by atoms with Crippen molar-refractivity contribution in [2.45, 2.75) is 40.2 Å². The molecule has 0 aliphatic heterocycles. The molecule has 0 radical (unpaired) electrons. The van der Waals surface area contributed by atoms with Crippen LogP contribution in [-0.2, 0) is 23.9 Å². The highest BCUT2D eigenvalue weighted by molar-refractivity contribution is 5.93. The predicted molar refractivity (Wildman–Crippen MR) is 223 cm³/mol. The molecule has 0 saturated carbocycles. The Balaban J connectivity index is 0. The molecule has 9 N–H and O–H groups in total. The standard InChI is InChI=1S/C18H22N6O3.C13H14N6O.C4H8O2.3ClH/c1-18(2,3)27-17(26)20-11-15(25)21-14-10-9-13(16(19)22-14)24-23-12-7-5-4-6-8-12;14-8-12(20)16-11-7-6-10(13(15)17-11)19-18-9-4-2-1-3-5-9;1-3-6-4(2)5;;;/h4-10H,11H2,1-3H3,(H,20,26)(H3,19,21,22,25);1-7H,8,14H2,(H3,15,16,17,20);3H2,1-2H3;3*1H. The van der Waals surface area contributed by atoms with E-state index in [1.54, 1.807) is 64.1 Å². The van der Waals surface area contributed by atoms with Crippen LogP contribution in [0, 0.1) is 0 Å². The molecular weight excluding hydrogens is 791 g/mol. The number of nitrogens with zero attached hydrogens (tertiary/aromatic N) is 6. The Morgan fingerprint density at radius 1 is 0.679 bits per heavy atom. The van der Waals surface area contributed by atoms with E-state index >= 15 is 0 Å². The van der Waals surface area contributed by atoms with E-state index in [4.69, 9.17) is 21.9 Å². The van der Waals surface area contributed by atoms with Gasteiger partial charge in [0.2, 0.25) is 11.8 Å². The van der Waals surface area contributed by atoms with Crippen LogP contribution >= 0.6 is 37.2 Å². The molecule has 21 heteroatoms. The summed E-state index contributed by atoms with van der Waals surface area (Å²) in [6.07, 6.45) is -0.679. The van der Waals surface area contributed by atoms with Gasteiger partial charge in [-0.15, -0.1) is 47.4 Å². The highest BCUT2D eigenvalue weighted by Gasteiger charge is 2.17. The van der Waals surface area contributed by atoms with Gasteiger partial charge in [-0.05, 0) is 76.2 Å². The maximum absolute atomic E-state index is 11.9. The highest BCUT2D eigenvalue weighted by Crippen LogP contribution is 2.25. The number of rotatable bonds is 10. The first-order valence-electron chi connectivity index (χ1n) is 16.1. The van der Waals surface area contributed by atoms with Gasteiger partial charge >= 0.3 is 12.1 Å². The largest absolute Gasteiger partial charge is 0.466 e. The Kier molecular flexibility index (Phi) is 25.7. The van der Waals surface area contributed by atoms with E-state index in [2.05, 4.69) is 51.1 Å². The van der Waals surface area contributed by atoms with Gasteiger partial charge in [0, 0.05) is 6.92 Å². The summed E-state index contributed by atoms with van der Waals surface area (Å²) in [4.78, 5) is 52.4. The molecular formula is C35H47Cl3N12O6. The van der Waals surface area contributed by atoms with Crippen molar-refractivity contribution < 1.29 is 28.7 Å². The molecule has 0 aliphatic carbocycles. The normalized spacial score (nSPS) is 10.0. The molecule has 0 bridgehead atoms. The van der Waals surface area contributed by atoms with Gasteiger partial charge in [-0.25, -0.2) is 14.8 Å². The molecule has 18 nitrogen and oxygen atoms in total. The fraction of sp³-hybridized carbons (Fsp3) is 0.257. The lowest BCUT2D eigenvalue weighted by Crippen LogP contribution is -2.37. The third kappa shape index (κ3) is 22.3. The van der Waals surface area contributed by atoms with E-state index in [0.29, 0.717) is 35.2 Å². The molecule has 2 heterocycles. The lowest BCUT2D eigenvalue weighted by atomic mass is 10.2. The number of azo groups is 2. The number of hydrogen-bond acceptors (Lipinski definition) is 15.